The lowest BCUT2D eigenvalue weighted by Gasteiger charge is -2.66. The van der Waals surface area contributed by atoms with E-state index in [1.807, 2.05) is 0 Å². The Balaban J connectivity index is 1.99. The Morgan fingerprint density at radius 3 is 2.47 bits per heavy atom. The molecule has 0 spiro atoms. The fraction of sp³-hybridized carbons (Fsp3) is 0.667. The lowest BCUT2D eigenvalue weighted by Crippen LogP contribution is -2.71. The monoisotopic (exact) mass is 290 g/mol. The van der Waals surface area contributed by atoms with Gasteiger partial charge in [0.1, 0.15) is 4.90 Å². The fourth-order valence-electron chi connectivity index (χ4n) is 2.65. The quantitative estimate of drug-likeness (QED) is 0.771. The minimum atomic E-state index is -3.17. The molecule has 3 aliphatic carbocycles. The van der Waals surface area contributed by atoms with E-state index in [4.69, 9.17) is 0 Å². The molecule has 6 heteroatoms. The Bertz CT molecular complexity index is 514. The largest absolute Gasteiger partial charge is 0.274 e. The van der Waals surface area contributed by atoms with Gasteiger partial charge in [0.05, 0.1) is 10.9 Å². The Morgan fingerprint density at radius 1 is 1.47 bits per heavy atom. The Morgan fingerprint density at radius 2 is 2.07 bits per heavy atom. The first-order valence-electron chi connectivity index (χ1n) is 4.79. The minimum absolute atomic E-state index is 0.127. The summed E-state index contributed by atoms with van der Waals surface area (Å²) >= 11 is 3.55. The van der Waals surface area contributed by atoms with Crippen LogP contribution in [0.3, 0.4) is 0 Å². The van der Waals surface area contributed by atoms with Crippen LogP contribution in [0.5, 0.6) is 0 Å². The first-order chi connectivity index (χ1) is 6.87. The molecule has 4 nitrogen and oxygen atoms in total. The third-order valence-corrected chi connectivity index (χ3v) is 6.72. The van der Waals surface area contributed by atoms with E-state index >= 15 is 0 Å². The van der Waals surface area contributed by atoms with Crippen LogP contribution < -0.4 is 0 Å². The third kappa shape index (κ3) is 1.07. The third-order valence-electron chi connectivity index (χ3n) is 3.48. The second-order valence-electron chi connectivity index (χ2n) is 4.72. The zero-order chi connectivity index (χ0) is 10.9. The lowest BCUT2D eigenvalue weighted by molar-refractivity contribution is 0.0935. The van der Waals surface area contributed by atoms with Gasteiger partial charge in [-0.3, -0.25) is 4.68 Å². The van der Waals surface area contributed by atoms with Crippen LogP contribution in [0.2, 0.25) is 0 Å². The molecule has 0 saturated heterocycles. The molecule has 3 fully saturated rings. The molecule has 3 aliphatic rings. The highest BCUT2D eigenvalue weighted by Crippen LogP contribution is 2.70. The lowest BCUT2D eigenvalue weighted by atomic mass is 9.55. The smallest absolute Gasteiger partial charge is 0.187 e. The average molecular weight is 291 g/mol. The van der Waals surface area contributed by atoms with Crippen LogP contribution in [0, 0.1) is 0 Å². The molecule has 0 unspecified atom stereocenters. The summed E-state index contributed by atoms with van der Waals surface area (Å²) in [5.41, 5.74) is 0. The van der Waals surface area contributed by atoms with E-state index in [1.165, 1.54) is 10.9 Å². The zero-order valence-corrected chi connectivity index (χ0v) is 10.7. The summed E-state index contributed by atoms with van der Waals surface area (Å²) in [4.78, 5) is 0.360. The molecule has 0 N–H and O–H groups in total. The molecule has 15 heavy (non-hydrogen) atoms. The maximum atomic E-state index is 12.3. The number of aryl methyl sites for hydroxylation is 1. The van der Waals surface area contributed by atoms with E-state index in [0.717, 1.165) is 19.3 Å². The summed E-state index contributed by atoms with van der Waals surface area (Å²) in [7, 11) is -1.44. The van der Waals surface area contributed by atoms with Crippen LogP contribution >= 0.6 is 15.9 Å². The SMILES string of the molecule is Cn1cc(S(=O)(=O)C23CC(Br)(C2)C3)cn1. The molecule has 4 rings (SSSR count). The van der Waals surface area contributed by atoms with Crippen LogP contribution in [-0.4, -0.2) is 27.3 Å². The number of hydrogen-bond acceptors (Lipinski definition) is 3. The van der Waals surface area contributed by atoms with Crippen molar-refractivity contribution in [1.29, 1.82) is 0 Å². The van der Waals surface area contributed by atoms with Crippen LogP contribution in [0.1, 0.15) is 19.3 Å². The van der Waals surface area contributed by atoms with Gasteiger partial charge in [-0.2, -0.15) is 5.10 Å². The standard InChI is InChI=1S/C9H11BrN2O2S/c1-12-3-7(2-11-12)15(13,14)9-4-8(10,5-9)6-9/h2-3H,4-6H2,1H3. The summed E-state index contributed by atoms with van der Waals surface area (Å²) in [5, 5.41) is 3.92. The van der Waals surface area contributed by atoms with Gasteiger partial charge >= 0.3 is 0 Å². The van der Waals surface area contributed by atoms with Crippen molar-refractivity contribution in [2.24, 2.45) is 7.05 Å². The predicted octanol–water partition coefficient (Wildman–Crippen LogP) is 1.26. The van der Waals surface area contributed by atoms with E-state index in [9.17, 15) is 8.42 Å². The minimum Gasteiger partial charge on any atom is -0.274 e. The van der Waals surface area contributed by atoms with Gasteiger partial charge in [-0.25, -0.2) is 8.42 Å². The first kappa shape index (κ1) is 9.84. The van der Waals surface area contributed by atoms with Gasteiger partial charge < -0.3 is 0 Å². The zero-order valence-electron chi connectivity index (χ0n) is 8.27. The molecule has 0 atom stereocenters. The number of aromatic nitrogens is 2. The molecular formula is C9H11BrN2O2S. The van der Waals surface area contributed by atoms with Crippen molar-refractivity contribution in [3.8, 4) is 0 Å². The van der Waals surface area contributed by atoms with Crippen molar-refractivity contribution in [2.45, 2.75) is 33.2 Å². The van der Waals surface area contributed by atoms with Crippen molar-refractivity contribution >= 4 is 25.8 Å². The highest BCUT2D eigenvalue weighted by Gasteiger charge is 2.73. The highest BCUT2D eigenvalue weighted by atomic mass is 79.9. The van der Waals surface area contributed by atoms with Crippen molar-refractivity contribution in [3.63, 3.8) is 0 Å². The van der Waals surface area contributed by atoms with E-state index < -0.39 is 14.6 Å². The molecule has 0 amide bonds. The number of hydrogen-bond donors (Lipinski definition) is 0. The summed E-state index contributed by atoms with van der Waals surface area (Å²) in [5.74, 6) is 0. The molecule has 1 aromatic heterocycles. The maximum absolute atomic E-state index is 12.3. The van der Waals surface area contributed by atoms with Gasteiger partial charge in [-0.1, -0.05) is 15.9 Å². The number of halogens is 1. The molecule has 3 saturated carbocycles. The topological polar surface area (TPSA) is 52.0 Å². The summed E-state index contributed by atoms with van der Waals surface area (Å²) in [6, 6.07) is 0. The van der Waals surface area contributed by atoms with Gasteiger partial charge in [0.25, 0.3) is 0 Å². The van der Waals surface area contributed by atoms with Crippen molar-refractivity contribution in [2.75, 3.05) is 0 Å². The summed E-state index contributed by atoms with van der Waals surface area (Å²) in [6.45, 7) is 0. The summed E-state index contributed by atoms with van der Waals surface area (Å²) < 4.78 is 25.7. The summed E-state index contributed by atoms with van der Waals surface area (Å²) in [6.07, 6.45) is 5.26. The molecule has 0 aromatic carbocycles. The van der Waals surface area contributed by atoms with Crippen LogP contribution in [0.4, 0.5) is 0 Å². The van der Waals surface area contributed by atoms with Crippen LogP contribution in [-0.2, 0) is 16.9 Å². The first-order valence-corrected chi connectivity index (χ1v) is 7.07. The van der Waals surface area contributed by atoms with Gasteiger partial charge in [-0.15, -0.1) is 0 Å². The molecule has 0 aliphatic heterocycles. The van der Waals surface area contributed by atoms with E-state index in [-0.39, 0.29) is 4.32 Å². The van der Waals surface area contributed by atoms with E-state index in [0.29, 0.717) is 4.90 Å². The Hall–Kier alpha value is -0.360. The second-order valence-corrected chi connectivity index (χ2v) is 8.74. The molecule has 1 aromatic rings. The molecule has 82 valence electrons. The molecule has 2 bridgehead atoms. The van der Waals surface area contributed by atoms with Crippen LogP contribution in [0.15, 0.2) is 17.3 Å². The average Bonchev–Trinajstić information content (AvgIpc) is 2.44. The van der Waals surface area contributed by atoms with Gasteiger partial charge in [0.2, 0.25) is 0 Å². The number of alkyl halides is 1. The van der Waals surface area contributed by atoms with Crippen molar-refractivity contribution < 1.29 is 8.42 Å². The fourth-order valence-corrected chi connectivity index (χ4v) is 7.19. The number of sulfone groups is 1. The predicted molar refractivity (Wildman–Crippen MR) is 58.6 cm³/mol. The van der Waals surface area contributed by atoms with E-state index in [1.54, 1.807) is 13.2 Å². The van der Waals surface area contributed by atoms with E-state index in [2.05, 4.69) is 21.0 Å². The maximum Gasteiger partial charge on any atom is 0.187 e. The van der Waals surface area contributed by atoms with Crippen LogP contribution in [0.25, 0.3) is 0 Å². The molecule has 1 heterocycles. The van der Waals surface area contributed by atoms with Gasteiger partial charge in [-0.05, 0) is 19.3 Å². The van der Waals surface area contributed by atoms with Gasteiger partial charge in [0.15, 0.2) is 9.84 Å². The Labute approximate surface area is 96.7 Å². The highest BCUT2D eigenvalue weighted by molar-refractivity contribution is 9.10. The van der Waals surface area contributed by atoms with Gasteiger partial charge in [0, 0.05) is 17.6 Å². The second kappa shape index (κ2) is 2.48. The number of nitrogens with zero attached hydrogens (tertiary/aromatic N) is 2. The van der Waals surface area contributed by atoms with Crippen molar-refractivity contribution in [1.82, 2.24) is 9.78 Å². The molecule has 0 radical (unpaired) electrons. The molecular weight excluding hydrogens is 280 g/mol. The number of rotatable bonds is 2. The van der Waals surface area contributed by atoms with Crippen molar-refractivity contribution in [3.05, 3.63) is 12.4 Å². The normalized spacial score (nSPS) is 38.3. The Kier molecular flexibility index (Phi) is 1.63.